The molecule has 1 aliphatic heterocycles. The molecule has 0 radical (unpaired) electrons. The molecule has 9 nitrogen and oxygen atoms in total. The Bertz CT molecular complexity index is 1360. The Balaban J connectivity index is 1.55. The molecule has 0 spiro atoms. The smallest absolute Gasteiger partial charge is 0.168 e. The molecule has 11 heteroatoms. The Morgan fingerprint density at radius 3 is 2.44 bits per heavy atom. The van der Waals surface area contributed by atoms with Gasteiger partial charge < -0.3 is 20.3 Å². The molecule has 4 heterocycles. The minimum Gasteiger partial charge on any atom is -0.482 e. The van der Waals surface area contributed by atoms with Crippen LogP contribution in [0.2, 0.25) is 0 Å². The van der Waals surface area contributed by atoms with Gasteiger partial charge in [0.2, 0.25) is 0 Å². The fraction of sp³-hybridized carbons (Fsp3) is 0.280. The van der Waals surface area contributed by atoms with Crippen LogP contribution in [0.1, 0.15) is 18.6 Å². The number of rotatable bonds is 6. The first-order chi connectivity index (χ1) is 17.4. The number of nitrogens with zero attached hydrogens (tertiary/aromatic N) is 7. The second kappa shape index (κ2) is 9.86. The molecule has 1 saturated heterocycles. The number of anilines is 2. The van der Waals surface area contributed by atoms with Crippen molar-refractivity contribution in [1.82, 2.24) is 29.9 Å². The van der Waals surface area contributed by atoms with E-state index in [0.29, 0.717) is 28.2 Å². The zero-order valence-electron chi connectivity index (χ0n) is 20.0. The molecule has 0 unspecified atom stereocenters. The minimum atomic E-state index is -0.643. The van der Waals surface area contributed by atoms with Gasteiger partial charge in [0.15, 0.2) is 11.6 Å². The maximum absolute atomic E-state index is 14.9. The molecular weight excluding hydrogens is 466 g/mol. The van der Waals surface area contributed by atoms with Crippen molar-refractivity contribution < 1.29 is 13.5 Å². The van der Waals surface area contributed by atoms with Gasteiger partial charge in [-0.25, -0.2) is 13.8 Å². The first kappa shape index (κ1) is 23.6. The van der Waals surface area contributed by atoms with E-state index in [0.717, 1.165) is 26.2 Å². The largest absolute Gasteiger partial charge is 0.482 e. The molecule has 0 amide bonds. The highest BCUT2D eigenvalue weighted by atomic mass is 19.1. The van der Waals surface area contributed by atoms with Gasteiger partial charge in [0.1, 0.15) is 23.6 Å². The monoisotopic (exact) mass is 492 g/mol. The molecule has 1 aliphatic rings. The highest BCUT2D eigenvalue weighted by molar-refractivity contribution is 5.80. The number of nitrogens with two attached hydrogens (primary N) is 1. The van der Waals surface area contributed by atoms with Gasteiger partial charge in [-0.15, -0.1) is 0 Å². The number of likely N-dealkylation sites (N-methyl/N-ethyl adjacent to an activating group) is 1. The Morgan fingerprint density at radius 2 is 1.72 bits per heavy atom. The van der Waals surface area contributed by atoms with Crippen LogP contribution >= 0.6 is 0 Å². The zero-order chi connectivity index (χ0) is 25.2. The Hall–Kier alpha value is -4.12. The minimum absolute atomic E-state index is 0.157. The van der Waals surface area contributed by atoms with E-state index in [4.69, 9.17) is 10.5 Å². The second-order valence-corrected chi connectivity index (χ2v) is 8.67. The molecule has 36 heavy (non-hydrogen) atoms. The third-order valence-electron chi connectivity index (χ3n) is 6.23. The topological polar surface area (TPSA) is 98.2 Å². The Kier molecular flexibility index (Phi) is 6.47. The molecule has 3 aromatic heterocycles. The summed E-state index contributed by atoms with van der Waals surface area (Å²) >= 11 is 0. The lowest BCUT2D eigenvalue weighted by Gasteiger charge is -2.34. The van der Waals surface area contributed by atoms with E-state index in [1.807, 2.05) is 0 Å². The molecule has 0 aliphatic carbocycles. The number of nitrogen functional groups attached to an aromatic ring is 1. The quantitative estimate of drug-likeness (QED) is 0.437. The van der Waals surface area contributed by atoms with Crippen LogP contribution in [0.4, 0.5) is 20.4 Å². The van der Waals surface area contributed by atoms with Crippen molar-refractivity contribution in [2.75, 3.05) is 43.9 Å². The summed E-state index contributed by atoms with van der Waals surface area (Å²) in [4.78, 5) is 14.2. The zero-order valence-corrected chi connectivity index (χ0v) is 20.0. The van der Waals surface area contributed by atoms with Crippen LogP contribution in [-0.2, 0) is 0 Å². The number of benzene rings is 1. The summed E-state index contributed by atoms with van der Waals surface area (Å²) in [6, 6.07) is 7.58. The number of hydrogen-bond donors (Lipinski definition) is 1. The van der Waals surface area contributed by atoms with E-state index < -0.39 is 17.7 Å². The average molecular weight is 493 g/mol. The number of halogens is 2. The van der Waals surface area contributed by atoms with Crippen LogP contribution in [0, 0.1) is 11.6 Å². The normalized spacial score (nSPS) is 15.2. The molecule has 4 aromatic rings. The van der Waals surface area contributed by atoms with Gasteiger partial charge in [0, 0.05) is 49.1 Å². The molecule has 0 bridgehead atoms. The van der Waals surface area contributed by atoms with Crippen molar-refractivity contribution in [1.29, 1.82) is 0 Å². The Morgan fingerprint density at radius 1 is 0.972 bits per heavy atom. The number of pyridine rings is 2. The summed E-state index contributed by atoms with van der Waals surface area (Å²) in [6.07, 6.45) is 5.12. The van der Waals surface area contributed by atoms with Crippen LogP contribution in [0.5, 0.6) is 5.75 Å². The second-order valence-electron chi connectivity index (χ2n) is 8.67. The highest BCUT2D eigenvalue weighted by Crippen LogP contribution is 2.39. The van der Waals surface area contributed by atoms with Crippen molar-refractivity contribution >= 4 is 11.6 Å². The van der Waals surface area contributed by atoms with E-state index >= 15 is 0 Å². The van der Waals surface area contributed by atoms with Crippen molar-refractivity contribution in [3.05, 3.63) is 72.3 Å². The van der Waals surface area contributed by atoms with Gasteiger partial charge in [0.05, 0.1) is 24.3 Å². The van der Waals surface area contributed by atoms with E-state index in [-0.39, 0.29) is 11.6 Å². The van der Waals surface area contributed by atoms with Gasteiger partial charge >= 0.3 is 0 Å². The van der Waals surface area contributed by atoms with E-state index in [9.17, 15) is 8.78 Å². The summed E-state index contributed by atoms with van der Waals surface area (Å²) in [5.41, 5.74) is 8.32. The van der Waals surface area contributed by atoms with Crippen LogP contribution in [0.15, 0.2) is 55.1 Å². The van der Waals surface area contributed by atoms with Crippen LogP contribution < -0.4 is 15.4 Å². The summed E-state index contributed by atoms with van der Waals surface area (Å²) in [5.74, 6) is 0.0975. The highest BCUT2D eigenvalue weighted by Gasteiger charge is 2.24. The van der Waals surface area contributed by atoms with Gasteiger partial charge in [-0.05, 0) is 44.3 Å². The SMILES string of the molecule is C[C@@H](Oc1cc(-c2ccncc2F)c(N2CCN(C)CC2)nc1N)c1cc(F)ccc1-n1nccn1. The summed E-state index contributed by atoms with van der Waals surface area (Å²) in [7, 11) is 2.06. The van der Waals surface area contributed by atoms with Crippen molar-refractivity contribution in [2.24, 2.45) is 0 Å². The van der Waals surface area contributed by atoms with Gasteiger partial charge in [-0.2, -0.15) is 15.0 Å². The summed E-state index contributed by atoms with van der Waals surface area (Å²) in [5, 5.41) is 8.30. The number of aromatic nitrogens is 5. The van der Waals surface area contributed by atoms with Gasteiger partial charge in [-0.1, -0.05) is 0 Å². The summed E-state index contributed by atoms with van der Waals surface area (Å²) < 4.78 is 35.2. The maximum Gasteiger partial charge on any atom is 0.168 e. The van der Waals surface area contributed by atoms with Gasteiger partial charge in [-0.3, -0.25) is 4.98 Å². The van der Waals surface area contributed by atoms with Crippen LogP contribution in [0.25, 0.3) is 16.8 Å². The molecule has 1 atom stereocenters. The number of hydrogen-bond acceptors (Lipinski definition) is 8. The average Bonchev–Trinajstić information content (AvgIpc) is 3.41. The lowest BCUT2D eigenvalue weighted by molar-refractivity contribution is 0.226. The van der Waals surface area contributed by atoms with Crippen LogP contribution in [0.3, 0.4) is 0 Å². The van der Waals surface area contributed by atoms with E-state index in [1.165, 1.54) is 41.7 Å². The first-order valence-corrected chi connectivity index (χ1v) is 11.6. The summed E-state index contributed by atoms with van der Waals surface area (Å²) in [6.45, 7) is 4.91. The number of ether oxygens (including phenoxy) is 1. The van der Waals surface area contributed by atoms with Crippen molar-refractivity contribution in [3.8, 4) is 22.6 Å². The fourth-order valence-corrected chi connectivity index (χ4v) is 4.27. The van der Waals surface area contributed by atoms with Crippen LogP contribution in [-0.4, -0.2) is 63.1 Å². The standard InChI is InChI=1S/C25H26F2N8O/c1-16(19-13-17(26)3-4-22(19)35-30-7-8-31-35)36-23-14-20(18-5-6-29-15-21(18)27)25(32-24(23)28)34-11-9-33(2)10-12-34/h3-8,13-16H,9-12H2,1-2H3,(H2,28,32)/t16-/m1/s1. The third-order valence-corrected chi connectivity index (χ3v) is 6.23. The first-order valence-electron chi connectivity index (χ1n) is 11.6. The molecule has 0 saturated carbocycles. The molecule has 2 N–H and O–H groups in total. The lowest BCUT2D eigenvalue weighted by Crippen LogP contribution is -2.45. The van der Waals surface area contributed by atoms with Crippen molar-refractivity contribution in [3.63, 3.8) is 0 Å². The molecular formula is C25H26F2N8O. The molecule has 5 rings (SSSR count). The lowest BCUT2D eigenvalue weighted by atomic mass is 10.1. The molecule has 186 valence electrons. The predicted molar refractivity (Wildman–Crippen MR) is 132 cm³/mol. The molecule has 1 aromatic carbocycles. The molecule has 1 fully saturated rings. The number of piperazine rings is 1. The Labute approximate surface area is 207 Å². The van der Waals surface area contributed by atoms with Crippen molar-refractivity contribution in [2.45, 2.75) is 13.0 Å². The maximum atomic E-state index is 14.9. The van der Waals surface area contributed by atoms with E-state index in [1.54, 1.807) is 25.1 Å². The van der Waals surface area contributed by atoms with Gasteiger partial charge in [0.25, 0.3) is 0 Å². The van der Waals surface area contributed by atoms with E-state index in [2.05, 4.69) is 37.0 Å². The third kappa shape index (κ3) is 4.69. The predicted octanol–water partition coefficient (Wildman–Crippen LogP) is 3.48. The fourth-order valence-electron chi connectivity index (χ4n) is 4.27.